The van der Waals surface area contributed by atoms with Gasteiger partial charge in [0.15, 0.2) is 23.0 Å². The van der Waals surface area contributed by atoms with Crippen LogP contribution in [0, 0.1) is 0 Å². The highest BCUT2D eigenvalue weighted by Gasteiger charge is 2.22. The molecule has 0 unspecified atom stereocenters. The van der Waals surface area contributed by atoms with Crippen molar-refractivity contribution in [2.75, 3.05) is 17.2 Å². The summed E-state index contributed by atoms with van der Waals surface area (Å²) in [5, 5.41) is 20.7. The lowest BCUT2D eigenvalue weighted by Gasteiger charge is -1.94. The third-order valence-corrected chi connectivity index (χ3v) is 2.29. The first-order valence-corrected chi connectivity index (χ1v) is 4.69. The first-order chi connectivity index (χ1) is 8.68. The molecule has 0 saturated carbocycles. The summed E-state index contributed by atoms with van der Waals surface area (Å²) in [6.45, 7) is 0. The van der Waals surface area contributed by atoms with Crippen molar-refractivity contribution in [2.45, 2.75) is 0 Å². The maximum Gasteiger partial charge on any atom is 0.198 e. The largest absolute Gasteiger partial charge is 0.395 e. The maximum atomic E-state index is 5.90. The number of aromatic nitrogens is 6. The molecule has 0 radical (unpaired) electrons. The number of nitrogens with one attached hydrogen (secondary N) is 1. The van der Waals surface area contributed by atoms with Crippen LogP contribution in [0.15, 0.2) is 9.26 Å². The van der Waals surface area contributed by atoms with Crippen molar-refractivity contribution in [2.24, 2.45) is 0 Å². The van der Waals surface area contributed by atoms with E-state index in [1.165, 1.54) is 0 Å². The molecule has 3 aromatic heterocycles. The summed E-state index contributed by atoms with van der Waals surface area (Å²) in [6.07, 6.45) is 0. The SMILES string of the molecule is Nc1nonc1-c1n[nH]c(-c2nonc2N)c1N. The molecule has 0 saturated heterocycles. The summed E-state index contributed by atoms with van der Waals surface area (Å²) in [4.78, 5) is 0. The zero-order chi connectivity index (χ0) is 12.7. The van der Waals surface area contributed by atoms with Crippen LogP contribution in [-0.2, 0) is 0 Å². The number of nitrogen functional groups attached to an aromatic ring is 3. The van der Waals surface area contributed by atoms with Crippen molar-refractivity contribution in [1.82, 2.24) is 30.8 Å². The average Bonchev–Trinajstić information content (AvgIpc) is 3.01. The van der Waals surface area contributed by atoms with E-state index in [1.54, 1.807) is 0 Å². The standard InChI is InChI=1S/C7H7N9O2/c8-1-2(4-6(9)15-17-13-4)11-12-3(1)5-7(10)16-18-14-5/h8H2,(H2,9,15)(H2,10,16)(H,11,12). The van der Waals surface area contributed by atoms with Crippen LogP contribution >= 0.6 is 0 Å². The Hall–Kier alpha value is -3.11. The fourth-order valence-electron chi connectivity index (χ4n) is 1.44. The number of H-pyrrole nitrogens is 1. The minimum absolute atomic E-state index is 0.0750. The second-order valence-electron chi connectivity index (χ2n) is 3.36. The van der Waals surface area contributed by atoms with Gasteiger partial charge < -0.3 is 17.2 Å². The fourth-order valence-corrected chi connectivity index (χ4v) is 1.44. The number of hydrogen-bond donors (Lipinski definition) is 4. The molecule has 11 heteroatoms. The Morgan fingerprint density at radius 2 is 1.39 bits per heavy atom. The van der Waals surface area contributed by atoms with E-state index < -0.39 is 0 Å². The zero-order valence-corrected chi connectivity index (χ0v) is 8.78. The average molecular weight is 249 g/mol. The molecule has 0 bridgehead atoms. The molecule has 7 N–H and O–H groups in total. The Kier molecular flexibility index (Phi) is 1.93. The molecule has 0 aliphatic heterocycles. The number of nitrogens with two attached hydrogens (primary N) is 3. The number of nitrogens with zero attached hydrogens (tertiary/aromatic N) is 5. The Balaban J connectivity index is 2.15. The number of hydrogen-bond acceptors (Lipinski definition) is 10. The van der Waals surface area contributed by atoms with E-state index in [2.05, 4.69) is 40.1 Å². The fraction of sp³-hybridized carbons (Fsp3) is 0. The number of rotatable bonds is 2. The van der Waals surface area contributed by atoms with E-state index in [1.807, 2.05) is 0 Å². The molecule has 0 aliphatic carbocycles. The normalized spacial score (nSPS) is 10.9. The van der Waals surface area contributed by atoms with Crippen molar-refractivity contribution < 1.29 is 9.26 Å². The van der Waals surface area contributed by atoms with Crippen LogP contribution < -0.4 is 17.2 Å². The van der Waals surface area contributed by atoms with Crippen molar-refractivity contribution >= 4 is 17.3 Å². The van der Waals surface area contributed by atoms with Crippen molar-refractivity contribution in [3.63, 3.8) is 0 Å². The van der Waals surface area contributed by atoms with Crippen LogP contribution in [-0.4, -0.2) is 30.8 Å². The smallest absolute Gasteiger partial charge is 0.198 e. The lowest BCUT2D eigenvalue weighted by Crippen LogP contribution is -1.94. The van der Waals surface area contributed by atoms with Crippen LogP contribution in [0.4, 0.5) is 17.3 Å². The van der Waals surface area contributed by atoms with Crippen LogP contribution in [0.5, 0.6) is 0 Å². The van der Waals surface area contributed by atoms with Crippen LogP contribution in [0.1, 0.15) is 0 Å². The van der Waals surface area contributed by atoms with Gasteiger partial charge in [0.05, 0.1) is 5.69 Å². The Morgan fingerprint density at radius 3 is 1.94 bits per heavy atom. The second-order valence-corrected chi connectivity index (χ2v) is 3.36. The Bertz CT molecular complexity index is 638. The van der Waals surface area contributed by atoms with Gasteiger partial charge in [-0.15, -0.1) is 0 Å². The highest BCUT2D eigenvalue weighted by Crippen LogP contribution is 2.34. The van der Waals surface area contributed by atoms with Gasteiger partial charge in [-0.2, -0.15) is 5.10 Å². The van der Waals surface area contributed by atoms with Gasteiger partial charge in [0.25, 0.3) is 0 Å². The van der Waals surface area contributed by atoms with Gasteiger partial charge in [-0.25, -0.2) is 9.26 Å². The summed E-state index contributed by atoms with van der Waals surface area (Å²) < 4.78 is 8.95. The minimum Gasteiger partial charge on any atom is -0.395 e. The minimum atomic E-state index is 0.0750. The number of aromatic amines is 1. The van der Waals surface area contributed by atoms with Gasteiger partial charge in [0, 0.05) is 0 Å². The Morgan fingerprint density at radius 1 is 0.778 bits per heavy atom. The summed E-state index contributed by atoms with van der Waals surface area (Å²) in [6, 6.07) is 0. The first kappa shape index (κ1) is 10.1. The molecule has 0 aromatic carbocycles. The lowest BCUT2D eigenvalue weighted by molar-refractivity contribution is 0.310. The molecular weight excluding hydrogens is 242 g/mol. The third kappa shape index (κ3) is 1.27. The molecule has 11 nitrogen and oxygen atoms in total. The van der Waals surface area contributed by atoms with E-state index in [9.17, 15) is 0 Å². The van der Waals surface area contributed by atoms with Crippen molar-refractivity contribution in [3.05, 3.63) is 0 Å². The molecular formula is C7H7N9O2. The lowest BCUT2D eigenvalue weighted by atomic mass is 10.2. The molecule has 0 amide bonds. The van der Waals surface area contributed by atoms with Gasteiger partial charge in [0.2, 0.25) is 0 Å². The Labute approximate surface area is 98.2 Å². The number of anilines is 3. The molecule has 0 aliphatic rings. The highest BCUT2D eigenvalue weighted by atomic mass is 16.6. The second kappa shape index (κ2) is 3.44. The summed E-state index contributed by atoms with van der Waals surface area (Å²) >= 11 is 0. The van der Waals surface area contributed by atoms with Gasteiger partial charge in [-0.3, -0.25) is 5.10 Å². The predicted molar refractivity (Wildman–Crippen MR) is 58.4 cm³/mol. The molecule has 0 atom stereocenters. The van der Waals surface area contributed by atoms with E-state index in [0.717, 1.165) is 0 Å². The zero-order valence-electron chi connectivity index (χ0n) is 8.78. The molecule has 18 heavy (non-hydrogen) atoms. The van der Waals surface area contributed by atoms with E-state index >= 15 is 0 Å². The monoisotopic (exact) mass is 249 g/mol. The van der Waals surface area contributed by atoms with Crippen LogP contribution in [0.3, 0.4) is 0 Å². The summed E-state index contributed by atoms with van der Waals surface area (Å²) in [5.74, 6) is 0.161. The van der Waals surface area contributed by atoms with Gasteiger partial charge in [0.1, 0.15) is 11.4 Å². The topological polar surface area (TPSA) is 185 Å². The first-order valence-electron chi connectivity index (χ1n) is 4.69. The van der Waals surface area contributed by atoms with Crippen molar-refractivity contribution in [1.29, 1.82) is 0 Å². The maximum absolute atomic E-state index is 5.90. The predicted octanol–water partition coefficient (Wildman–Crippen LogP) is -0.744. The molecule has 3 rings (SSSR count). The summed E-state index contributed by atoms with van der Waals surface area (Å²) in [7, 11) is 0. The molecule has 0 spiro atoms. The van der Waals surface area contributed by atoms with Crippen molar-refractivity contribution in [3.8, 4) is 22.8 Å². The van der Waals surface area contributed by atoms with E-state index in [0.29, 0.717) is 5.69 Å². The third-order valence-electron chi connectivity index (χ3n) is 2.29. The quantitative estimate of drug-likeness (QED) is 0.450. The molecule has 92 valence electrons. The van der Waals surface area contributed by atoms with Gasteiger partial charge >= 0.3 is 0 Å². The summed E-state index contributed by atoms with van der Waals surface area (Å²) in [5.41, 5.74) is 18.4. The molecule has 0 fully saturated rings. The van der Waals surface area contributed by atoms with Gasteiger partial charge in [-0.05, 0) is 20.6 Å². The molecule has 3 aromatic rings. The highest BCUT2D eigenvalue weighted by molar-refractivity contribution is 5.87. The van der Waals surface area contributed by atoms with Crippen LogP contribution in [0.2, 0.25) is 0 Å². The molecule has 3 heterocycles. The van der Waals surface area contributed by atoms with Crippen LogP contribution in [0.25, 0.3) is 22.8 Å². The van der Waals surface area contributed by atoms with E-state index in [4.69, 9.17) is 17.2 Å². The van der Waals surface area contributed by atoms with E-state index in [-0.39, 0.29) is 34.4 Å². The van der Waals surface area contributed by atoms with Gasteiger partial charge in [-0.1, -0.05) is 0 Å².